The number of hydrogen-bond donors (Lipinski definition) is 3. The van der Waals surface area contributed by atoms with E-state index in [2.05, 4.69) is 45.1 Å². The minimum absolute atomic E-state index is 0.861. The summed E-state index contributed by atoms with van der Waals surface area (Å²) in [5, 5.41) is 0. The summed E-state index contributed by atoms with van der Waals surface area (Å²) in [6, 6.07) is 0. The predicted molar refractivity (Wildman–Crippen MR) is 210 cm³/mol. The Bertz CT molecular complexity index is 458. The standard InChI is InChI=1S/C14H31N.2C14H29N/c3*1-2-3-4-5-6-7-8-9-10-11-12-13-14-15/h2-15H2,1H3;2*5-6H,2-4,7-15H2,1H3. The van der Waals surface area contributed by atoms with Gasteiger partial charge >= 0.3 is 0 Å². The maximum atomic E-state index is 5.45. The molecule has 0 aromatic carbocycles. The molecule has 0 saturated carbocycles. The lowest BCUT2D eigenvalue weighted by molar-refractivity contribution is 0.545. The highest BCUT2D eigenvalue weighted by molar-refractivity contribution is 4.81. The van der Waals surface area contributed by atoms with Gasteiger partial charge in [0.2, 0.25) is 0 Å². The number of unbranched alkanes of at least 4 members (excludes halogenated alkanes) is 27. The Morgan fingerprint density at radius 3 is 0.689 bits per heavy atom. The van der Waals surface area contributed by atoms with Crippen LogP contribution in [-0.4, -0.2) is 19.6 Å². The van der Waals surface area contributed by atoms with E-state index in [1.807, 2.05) is 0 Å². The van der Waals surface area contributed by atoms with Gasteiger partial charge in [-0.05, 0) is 77.4 Å². The fourth-order valence-electron chi connectivity index (χ4n) is 5.33. The van der Waals surface area contributed by atoms with E-state index in [0.29, 0.717) is 0 Å². The number of allylic oxidation sites excluding steroid dienone is 4. The number of hydrogen-bond acceptors (Lipinski definition) is 3. The van der Waals surface area contributed by atoms with Crippen molar-refractivity contribution in [3.63, 3.8) is 0 Å². The van der Waals surface area contributed by atoms with Crippen molar-refractivity contribution in [1.29, 1.82) is 0 Å². The number of rotatable bonds is 34. The van der Waals surface area contributed by atoms with E-state index in [9.17, 15) is 0 Å². The van der Waals surface area contributed by atoms with Gasteiger partial charge in [-0.1, -0.05) is 193 Å². The van der Waals surface area contributed by atoms with Crippen LogP contribution < -0.4 is 17.2 Å². The van der Waals surface area contributed by atoms with Gasteiger partial charge in [-0.15, -0.1) is 0 Å². The van der Waals surface area contributed by atoms with Crippen molar-refractivity contribution in [1.82, 2.24) is 0 Å². The Hall–Kier alpha value is -0.640. The Morgan fingerprint density at radius 1 is 0.244 bits per heavy atom. The first-order valence-electron chi connectivity index (χ1n) is 20.6. The van der Waals surface area contributed by atoms with Gasteiger partial charge in [0.15, 0.2) is 0 Å². The molecule has 0 saturated heterocycles. The molecule has 0 atom stereocenters. The van der Waals surface area contributed by atoms with Crippen LogP contribution in [0.5, 0.6) is 0 Å². The second kappa shape index (κ2) is 52.9. The second-order valence-corrected chi connectivity index (χ2v) is 13.3. The van der Waals surface area contributed by atoms with E-state index in [0.717, 1.165) is 19.6 Å². The molecule has 272 valence electrons. The lowest BCUT2D eigenvalue weighted by Gasteiger charge is -2.01. The van der Waals surface area contributed by atoms with Crippen LogP contribution in [-0.2, 0) is 0 Å². The molecule has 3 nitrogen and oxygen atoms in total. The fourth-order valence-corrected chi connectivity index (χ4v) is 5.33. The van der Waals surface area contributed by atoms with E-state index in [1.165, 1.54) is 205 Å². The Labute approximate surface area is 286 Å². The van der Waals surface area contributed by atoms with Crippen molar-refractivity contribution in [3.05, 3.63) is 24.3 Å². The van der Waals surface area contributed by atoms with Crippen molar-refractivity contribution in [2.75, 3.05) is 19.6 Å². The SMILES string of the molecule is CCCCC=CCCCCCCCCN.CCCCC=CCCCCCCCCN.CCCCCCCCCCCCCCN. The highest BCUT2D eigenvalue weighted by Crippen LogP contribution is 2.12. The van der Waals surface area contributed by atoms with Gasteiger partial charge in [-0.2, -0.15) is 0 Å². The van der Waals surface area contributed by atoms with Crippen molar-refractivity contribution in [2.45, 2.75) is 226 Å². The minimum Gasteiger partial charge on any atom is -0.330 e. The third-order valence-corrected chi connectivity index (χ3v) is 8.49. The van der Waals surface area contributed by atoms with Gasteiger partial charge in [0, 0.05) is 0 Å². The van der Waals surface area contributed by atoms with E-state index in [1.54, 1.807) is 0 Å². The van der Waals surface area contributed by atoms with Crippen molar-refractivity contribution < 1.29 is 0 Å². The average Bonchev–Trinajstić information content (AvgIpc) is 3.06. The summed E-state index contributed by atoms with van der Waals surface area (Å²) >= 11 is 0. The van der Waals surface area contributed by atoms with Crippen LogP contribution in [0, 0.1) is 0 Å². The average molecular weight is 636 g/mol. The summed E-state index contributed by atoms with van der Waals surface area (Å²) < 4.78 is 0. The molecule has 0 radical (unpaired) electrons. The molecule has 0 heterocycles. The van der Waals surface area contributed by atoms with Crippen LogP contribution in [0.3, 0.4) is 0 Å². The molecule has 0 aliphatic carbocycles. The molecule has 0 fully saturated rings. The molecule has 0 aliphatic heterocycles. The molecule has 45 heavy (non-hydrogen) atoms. The largest absolute Gasteiger partial charge is 0.330 e. The van der Waals surface area contributed by atoms with Crippen LogP contribution in [0.2, 0.25) is 0 Å². The summed E-state index contributed by atoms with van der Waals surface area (Å²) in [6.45, 7) is 9.36. The highest BCUT2D eigenvalue weighted by atomic mass is 14.5. The molecule has 0 spiro atoms. The highest BCUT2D eigenvalue weighted by Gasteiger charge is 1.93. The van der Waals surface area contributed by atoms with Gasteiger partial charge in [0.05, 0.1) is 0 Å². The summed E-state index contributed by atoms with van der Waals surface area (Å²) in [7, 11) is 0. The molecule has 0 aliphatic rings. The predicted octanol–water partition coefficient (Wildman–Crippen LogP) is 13.5. The van der Waals surface area contributed by atoms with Gasteiger partial charge in [0.1, 0.15) is 0 Å². The second-order valence-electron chi connectivity index (χ2n) is 13.3. The summed E-state index contributed by atoms with van der Waals surface area (Å²) in [5.74, 6) is 0. The Kier molecular flexibility index (Phi) is 57.3. The van der Waals surface area contributed by atoms with E-state index in [4.69, 9.17) is 17.2 Å². The first kappa shape index (κ1) is 48.8. The van der Waals surface area contributed by atoms with Crippen LogP contribution in [0.25, 0.3) is 0 Å². The molecule has 0 aromatic rings. The van der Waals surface area contributed by atoms with Gasteiger partial charge < -0.3 is 17.2 Å². The topological polar surface area (TPSA) is 78.1 Å². The zero-order chi connectivity index (χ0) is 33.6. The Morgan fingerprint density at radius 2 is 0.444 bits per heavy atom. The minimum atomic E-state index is 0.861. The maximum absolute atomic E-state index is 5.45. The first-order chi connectivity index (χ1) is 22.2. The molecule has 0 rings (SSSR count). The monoisotopic (exact) mass is 636 g/mol. The van der Waals surface area contributed by atoms with Gasteiger partial charge in [0.25, 0.3) is 0 Å². The van der Waals surface area contributed by atoms with E-state index >= 15 is 0 Å². The smallest absolute Gasteiger partial charge is 0.00773 e. The molecule has 0 aromatic heterocycles. The van der Waals surface area contributed by atoms with E-state index < -0.39 is 0 Å². The van der Waals surface area contributed by atoms with Gasteiger partial charge in [-0.3, -0.25) is 0 Å². The molecular formula is C42H89N3. The molecule has 3 heteroatoms. The fraction of sp³-hybridized carbons (Fsp3) is 0.905. The maximum Gasteiger partial charge on any atom is -0.00773 e. The molecule has 6 N–H and O–H groups in total. The molecule has 0 unspecified atom stereocenters. The van der Waals surface area contributed by atoms with Gasteiger partial charge in [-0.25, -0.2) is 0 Å². The first-order valence-corrected chi connectivity index (χ1v) is 20.6. The third kappa shape index (κ3) is 59.3. The van der Waals surface area contributed by atoms with Crippen LogP contribution in [0.4, 0.5) is 0 Å². The third-order valence-electron chi connectivity index (χ3n) is 8.49. The quantitative estimate of drug-likeness (QED) is 0.0486. The summed E-state index contributed by atoms with van der Waals surface area (Å²) in [6.07, 6.45) is 52.8. The molecule has 0 amide bonds. The van der Waals surface area contributed by atoms with Crippen molar-refractivity contribution in [2.24, 2.45) is 17.2 Å². The van der Waals surface area contributed by atoms with E-state index in [-0.39, 0.29) is 0 Å². The Balaban J connectivity index is -0.000000588. The van der Waals surface area contributed by atoms with Crippen LogP contribution in [0.1, 0.15) is 226 Å². The van der Waals surface area contributed by atoms with Crippen molar-refractivity contribution >= 4 is 0 Å². The van der Waals surface area contributed by atoms with Crippen molar-refractivity contribution in [3.8, 4) is 0 Å². The summed E-state index contributed by atoms with van der Waals surface area (Å²) in [4.78, 5) is 0. The number of nitrogens with two attached hydrogens (primary N) is 3. The van der Waals surface area contributed by atoms with Crippen LogP contribution >= 0.6 is 0 Å². The molecular weight excluding hydrogens is 546 g/mol. The lowest BCUT2D eigenvalue weighted by Crippen LogP contribution is -1.97. The zero-order valence-corrected chi connectivity index (χ0v) is 31.8. The summed E-state index contributed by atoms with van der Waals surface area (Å²) in [5.41, 5.74) is 16.3. The normalized spacial score (nSPS) is 11.2. The zero-order valence-electron chi connectivity index (χ0n) is 31.8. The molecule has 0 bridgehead atoms. The lowest BCUT2D eigenvalue weighted by atomic mass is 10.1. The van der Waals surface area contributed by atoms with Crippen LogP contribution in [0.15, 0.2) is 24.3 Å².